The van der Waals surface area contributed by atoms with E-state index in [-0.39, 0.29) is 18.2 Å². The fourth-order valence-corrected chi connectivity index (χ4v) is 2.38. The van der Waals surface area contributed by atoms with E-state index < -0.39 is 6.04 Å². The van der Waals surface area contributed by atoms with Gasteiger partial charge < -0.3 is 10.6 Å². The molecule has 0 aromatic carbocycles. The Balaban J connectivity index is 2.25. The summed E-state index contributed by atoms with van der Waals surface area (Å²) in [5, 5.41) is 6.30. The number of carbonyl (C=O) groups excluding carboxylic acids is 2. The summed E-state index contributed by atoms with van der Waals surface area (Å²) in [7, 11) is 1.50. The molecule has 1 aliphatic heterocycles. The van der Waals surface area contributed by atoms with Crippen LogP contribution in [0, 0.1) is 0 Å². The molecule has 1 aromatic rings. The minimum Gasteiger partial charge on any atom is -0.370 e. The number of likely N-dealkylation sites (N-methyl/N-ethyl adjacent to an activating group) is 1. The van der Waals surface area contributed by atoms with Crippen LogP contribution in [0.4, 0.5) is 11.6 Å². The van der Waals surface area contributed by atoms with Crippen LogP contribution < -0.4 is 10.6 Å². The molecular formula is C14H21N5O2. The number of aromatic nitrogens is 2. The fraction of sp³-hybridized carbons (Fsp3) is 0.571. The predicted molar refractivity (Wildman–Crippen MR) is 80.0 cm³/mol. The highest BCUT2D eigenvalue weighted by Crippen LogP contribution is 2.24. The lowest BCUT2D eigenvalue weighted by Gasteiger charge is -2.17. The molecule has 1 aliphatic rings. The lowest BCUT2D eigenvalue weighted by Crippen LogP contribution is -2.32. The minimum atomic E-state index is -0.539. The third kappa shape index (κ3) is 3.12. The highest BCUT2D eigenvalue weighted by molar-refractivity contribution is 6.06. The number of rotatable bonds is 6. The second kappa shape index (κ2) is 6.51. The van der Waals surface area contributed by atoms with Crippen molar-refractivity contribution < 1.29 is 9.59 Å². The molecule has 1 fully saturated rings. The number of anilines is 2. The molecule has 2 amide bonds. The number of hydrogen-bond acceptors (Lipinski definition) is 6. The quantitative estimate of drug-likeness (QED) is 0.761. The molecule has 2 rings (SSSR count). The van der Waals surface area contributed by atoms with Crippen molar-refractivity contribution in [3.8, 4) is 0 Å². The van der Waals surface area contributed by atoms with Gasteiger partial charge in [-0.2, -0.15) is 0 Å². The molecule has 7 nitrogen and oxygen atoms in total. The largest absolute Gasteiger partial charge is 0.370 e. The highest BCUT2D eigenvalue weighted by Gasteiger charge is 2.36. The topological polar surface area (TPSA) is 87.2 Å². The van der Waals surface area contributed by atoms with Gasteiger partial charge in [0.15, 0.2) is 0 Å². The zero-order chi connectivity index (χ0) is 15.4. The van der Waals surface area contributed by atoms with Gasteiger partial charge in [0.2, 0.25) is 5.91 Å². The van der Waals surface area contributed by atoms with Gasteiger partial charge in [-0.3, -0.25) is 14.5 Å². The molecule has 2 N–H and O–H groups in total. The molecule has 1 atom stereocenters. The number of nitrogens with one attached hydrogen (secondary N) is 2. The van der Waals surface area contributed by atoms with Crippen LogP contribution in [0.15, 0.2) is 6.33 Å². The van der Waals surface area contributed by atoms with Gasteiger partial charge in [-0.05, 0) is 13.3 Å². The molecule has 1 saturated heterocycles. The molecule has 7 heteroatoms. The first kappa shape index (κ1) is 15.2. The van der Waals surface area contributed by atoms with E-state index in [0.717, 1.165) is 35.7 Å². The average Bonchev–Trinajstić information content (AvgIpc) is 2.70. The van der Waals surface area contributed by atoms with Gasteiger partial charge >= 0.3 is 0 Å². The summed E-state index contributed by atoms with van der Waals surface area (Å²) in [4.78, 5) is 33.2. The van der Waals surface area contributed by atoms with Gasteiger partial charge in [-0.25, -0.2) is 9.97 Å². The first-order valence-electron chi connectivity index (χ1n) is 7.23. The van der Waals surface area contributed by atoms with Crippen LogP contribution in [0.1, 0.15) is 32.3 Å². The maximum Gasteiger partial charge on any atom is 0.251 e. The Bertz CT molecular complexity index is 546. The van der Waals surface area contributed by atoms with Crippen LogP contribution in [-0.2, 0) is 16.0 Å². The third-order valence-corrected chi connectivity index (χ3v) is 3.48. The Kier molecular flexibility index (Phi) is 4.72. The number of imide groups is 1. The molecule has 1 aromatic heterocycles. The zero-order valence-corrected chi connectivity index (χ0v) is 12.6. The molecular weight excluding hydrogens is 270 g/mol. The molecule has 0 radical (unpaired) electrons. The summed E-state index contributed by atoms with van der Waals surface area (Å²) in [5.74, 6) is 1.02. The SMILES string of the molecule is CCCc1c(NCC)ncnc1NC1CC(=O)N(C)C1=O. The summed E-state index contributed by atoms with van der Waals surface area (Å²) in [6.45, 7) is 4.83. The van der Waals surface area contributed by atoms with Crippen molar-refractivity contribution in [2.45, 2.75) is 39.2 Å². The summed E-state index contributed by atoms with van der Waals surface area (Å²) in [6, 6.07) is -0.539. The van der Waals surface area contributed by atoms with Gasteiger partial charge in [0.25, 0.3) is 5.91 Å². The van der Waals surface area contributed by atoms with Crippen molar-refractivity contribution in [2.24, 2.45) is 0 Å². The smallest absolute Gasteiger partial charge is 0.251 e. The van der Waals surface area contributed by atoms with Crippen LogP contribution in [0.5, 0.6) is 0 Å². The van der Waals surface area contributed by atoms with E-state index in [1.807, 2.05) is 6.92 Å². The van der Waals surface area contributed by atoms with Gasteiger partial charge in [0.05, 0.1) is 6.42 Å². The van der Waals surface area contributed by atoms with Crippen LogP contribution >= 0.6 is 0 Å². The third-order valence-electron chi connectivity index (χ3n) is 3.48. The van der Waals surface area contributed by atoms with E-state index >= 15 is 0 Å². The number of nitrogens with zero attached hydrogens (tertiary/aromatic N) is 3. The molecule has 0 saturated carbocycles. The molecule has 0 aliphatic carbocycles. The van der Waals surface area contributed by atoms with E-state index in [1.165, 1.54) is 13.4 Å². The Hall–Kier alpha value is -2.18. The van der Waals surface area contributed by atoms with Crippen molar-refractivity contribution in [3.63, 3.8) is 0 Å². The Morgan fingerprint density at radius 3 is 2.57 bits per heavy atom. The molecule has 114 valence electrons. The first-order chi connectivity index (χ1) is 10.1. The number of hydrogen-bond donors (Lipinski definition) is 2. The second-order valence-electron chi connectivity index (χ2n) is 5.02. The van der Waals surface area contributed by atoms with Crippen molar-refractivity contribution >= 4 is 23.5 Å². The van der Waals surface area contributed by atoms with Crippen LogP contribution in [-0.4, -0.2) is 46.3 Å². The molecule has 0 spiro atoms. The minimum absolute atomic E-state index is 0.168. The second-order valence-corrected chi connectivity index (χ2v) is 5.02. The molecule has 21 heavy (non-hydrogen) atoms. The number of carbonyl (C=O) groups is 2. The molecule has 0 bridgehead atoms. The highest BCUT2D eigenvalue weighted by atomic mass is 16.2. The Labute approximate surface area is 124 Å². The molecule has 2 heterocycles. The summed E-state index contributed by atoms with van der Waals surface area (Å²) in [5.41, 5.74) is 0.955. The van der Waals surface area contributed by atoms with Crippen molar-refractivity contribution in [2.75, 3.05) is 24.2 Å². The van der Waals surface area contributed by atoms with Crippen molar-refractivity contribution in [3.05, 3.63) is 11.9 Å². The average molecular weight is 291 g/mol. The number of likely N-dealkylation sites (tertiary alicyclic amines) is 1. The van der Waals surface area contributed by atoms with Gasteiger partial charge in [-0.15, -0.1) is 0 Å². The van der Waals surface area contributed by atoms with Crippen LogP contribution in [0.25, 0.3) is 0 Å². The summed E-state index contributed by atoms with van der Waals surface area (Å²) >= 11 is 0. The van der Waals surface area contributed by atoms with E-state index in [4.69, 9.17) is 0 Å². The Morgan fingerprint density at radius 1 is 1.29 bits per heavy atom. The molecule has 1 unspecified atom stereocenters. The van der Waals surface area contributed by atoms with Crippen molar-refractivity contribution in [1.82, 2.24) is 14.9 Å². The lowest BCUT2D eigenvalue weighted by molar-refractivity contribution is -0.136. The lowest BCUT2D eigenvalue weighted by atomic mass is 10.1. The van der Waals surface area contributed by atoms with Gasteiger partial charge in [0, 0.05) is 19.2 Å². The first-order valence-corrected chi connectivity index (χ1v) is 7.23. The number of amides is 2. The van der Waals surface area contributed by atoms with E-state index in [1.54, 1.807) is 0 Å². The zero-order valence-electron chi connectivity index (χ0n) is 12.6. The van der Waals surface area contributed by atoms with Crippen LogP contribution in [0.3, 0.4) is 0 Å². The monoisotopic (exact) mass is 291 g/mol. The van der Waals surface area contributed by atoms with Crippen LogP contribution in [0.2, 0.25) is 0 Å². The summed E-state index contributed by atoms with van der Waals surface area (Å²) in [6.07, 6.45) is 3.37. The van der Waals surface area contributed by atoms with E-state index in [0.29, 0.717) is 5.82 Å². The van der Waals surface area contributed by atoms with Gasteiger partial charge in [0.1, 0.15) is 24.0 Å². The fourth-order valence-electron chi connectivity index (χ4n) is 2.38. The van der Waals surface area contributed by atoms with Gasteiger partial charge in [-0.1, -0.05) is 13.3 Å². The van der Waals surface area contributed by atoms with E-state index in [9.17, 15) is 9.59 Å². The predicted octanol–water partition coefficient (Wildman–Crippen LogP) is 1.03. The normalized spacial score (nSPS) is 18.2. The van der Waals surface area contributed by atoms with E-state index in [2.05, 4.69) is 27.5 Å². The Morgan fingerprint density at radius 2 is 2.00 bits per heavy atom. The van der Waals surface area contributed by atoms with Crippen molar-refractivity contribution in [1.29, 1.82) is 0 Å². The standard InChI is InChI=1S/C14H21N5O2/c1-4-6-9-12(15-5-2)16-8-17-13(9)18-10-7-11(20)19(3)14(10)21/h8,10H,4-7H2,1-3H3,(H2,15,16,17,18). The summed E-state index contributed by atoms with van der Waals surface area (Å²) < 4.78 is 0. The maximum absolute atomic E-state index is 12.0. The maximum atomic E-state index is 12.0.